The number of amides is 1. The molecule has 0 aromatic carbocycles. The fraction of sp³-hybridized carbons (Fsp3) is 0.963. The zero-order valence-corrected chi connectivity index (χ0v) is 22.8. The average molecular weight is 574 g/mol. The molecule has 1 amide bonds. The van der Waals surface area contributed by atoms with Gasteiger partial charge in [0, 0.05) is 44.1 Å². The molecule has 220 valence electrons. The van der Waals surface area contributed by atoms with E-state index in [1.807, 2.05) is 0 Å². The molecule has 0 bridgehead atoms. The monoisotopic (exact) mass is 573 g/mol. The van der Waals surface area contributed by atoms with Crippen molar-refractivity contribution in [1.29, 1.82) is 0 Å². The van der Waals surface area contributed by atoms with Gasteiger partial charge in [0.2, 0.25) is 5.91 Å². The molecular formula is C27H42ClF6N3O. The number of hydrogen-bond acceptors (Lipinski definition) is 3. The summed E-state index contributed by atoms with van der Waals surface area (Å²) in [4.78, 5) is 18.3. The normalized spacial score (nSPS) is 34.1. The van der Waals surface area contributed by atoms with Crippen molar-refractivity contribution in [3.8, 4) is 0 Å². The Morgan fingerprint density at radius 1 is 0.789 bits per heavy atom. The van der Waals surface area contributed by atoms with Crippen molar-refractivity contribution < 1.29 is 31.1 Å². The van der Waals surface area contributed by atoms with E-state index in [4.69, 9.17) is 11.6 Å². The second-order valence-corrected chi connectivity index (χ2v) is 12.7. The van der Waals surface area contributed by atoms with Gasteiger partial charge in [-0.3, -0.25) is 14.6 Å². The SMILES string of the molecule is O=C(NCC1CC(C(F)(F)F)CC(C(F)(F)F)C1)C(C1CCC(Cl)CC1)N1CCN(C2CCCCC2)CC1. The van der Waals surface area contributed by atoms with Crippen LogP contribution >= 0.6 is 11.6 Å². The minimum absolute atomic E-state index is 0.0824. The molecule has 1 heterocycles. The minimum Gasteiger partial charge on any atom is -0.354 e. The highest BCUT2D eigenvalue weighted by Crippen LogP contribution is 2.47. The molecule has 4 rings (SSSR count). The van der Waals surface area contributed by atoms with Gasteiger partial charge >= 0.3 is 12.4 Å². The largest absolute Gasteiger partial charge is 0.391 e. The Balaban J connectivity index is 1.39. The van der Waals surface area contributed by atoms with Crippen LogP contribution in [0.4, 0.5) is 26.3 Å². The number of carbonyl (C=O) groups excluding carboxylic acids is 1. The zero-order chi connectivity index (χ0) is 27.5. The van der Waals surface area contributed by atoms with Crippen molar-refractivity contribution in [1.82, 2.24) is 15.1 Å². The molecule has 3 unspecified atom stereocenters. The first kappa shape index (κ1) is 30.2. The zero-order valence-electron chi connectivity index (χ0n) is 22.0. The van der Waals surface area contributed by atoms with Gasteiger partial charge in [-0.1, -0.05) is 19.3 Å². The first-order valence-electron chi connectivity index (χ1n) is 14.4. The fourth-order valence-electron chi connectivity index (χ4n) is 7.39. The summed E-state index contributed by atoms with van der Waals surface area (Å²) >= 11 is 6.32. The summed E-state index contributed by atoms with van der Waals surface area (Å²) in [6.07, 6.45) is -1.60. The van der Waals surface area contributed by atoms with Gasteiger partial charge in [0.1, 0.15) is 0 Å². The molecule has 4 aliphatic rings. The summed E-state index contributed by atoms with van der Waals surface area (Å²) < 4.78 is 80.5. The van der Waals surface area contributed by atoms with Crippen LogP contribution < -0.4 is 5.32 Å². The first-order valence-corrected chi connectivity index (χ1v) is 14.9. The van der Waals surface area contributed by atoms with Gasteiger partial charge in [-0.25, -0.2) is 0 Å². The van der Waals surface area contributed by atoms with Crippen LogP contribution in [0.15, 0.2) is 0 Å². The predicted molar refractivity (Wildman–Crippen MR) is 135 cm³/mol. The molecule has 0 spiro atoms. The van der Waals surface area contributed by atoms with Crippen LogP contribution in [0.25, 0.3) is 0 Å². The van der Waals surface area contributed by atoms with Crippen molar-refractivity contribution in [3.05, 3.63) is 0 Å². The van der Waals surface area contributed by atoms with Crippen LogP contribution in [-0.2, 0) is 4.79 Å². The molecular weight excluding hydrogens is 532 g/mol. The molecule has 3 atom stereocenters. The van der Waals surface area contributed by atoms with Crippen molar-refractivity contribution in [2.45, 2.75) is 107 Å². The standard InChI is InChI=1S/C27H42ClF6N3O/c28-22-8-6-19(7-9-22)24(37-12-10-36(11-13-37)23-4-2-1-3-5-23)25(38)35-17-18-14-20(26(29,30)31)16-21(15-18)27(32,33)34/h18-24H,1-17H2,(H,35,38). The molecule has 4 fully saturated rings. The molecule has 11 heteroatoms. The van der Waals surface area contributed by atoms with Crippen LogP contribution in [0.2, 0.25) is 0 Å². The lowest BCUT2D eigenvalue weighted by Crippen LogP contribution is -2.59. The average Bonchev–Trinajstić information content (AvgIpc) is 2.88. The second kappa shape index (κ2) is 12.8. The van der Waals surface area contributed by atoms with Crippen LogP contribution in [0.5, 0.6) is 0 Å². The first-order chi connectivity index (χ1) is 17.9. The van der Waals surface area contributed by atoms with Crippen LogP contribution in [0.3, 0.4) is 0 Å². The highest BCUT2D eigenvalue weighted by Gasteiger charge is 2.52. The molecule has 0 radical (unpaired) electrons. The Kier molecular flexibility index (Phi) is 10.2. The summed E-state index contributed by atoms with van der Waals surface area (Å²) in [7, 11) is 0. The Morgan fingerprint density at radius 2 is 1.34 bits per heavy atom. The summed E-state index contributed by atoms with van der Waals surface area (Å²) in [5.41, 5.74) is 0. The number of alkyl halides is 7. The van der Waals surface area contributed by atoms with Crippen LogP contribution in [0, 0.1) is 23.7 Å². The lowest BCUT2D eigenvalue weighted by molar-refractivity contribution is -0.228. The van der Waals surface area contributed by atoms with Gasteiger partial charge in [0.25, 0.3) is 0 Å². The number of nitrogens with zero attached hydrogens (tertiary/aromatic N) is 2. The van der Waals surface area contributed by atoms with Crippen molar-refractivity contribution in [2.24, 2.45) is 23.7 Å². The second-order valence-electron chi connectivity index (χ2n) is 12.1. The third-order valence-corrected chi connectivity index (χ3v) is 9.98. The van der Waals surface area contributed by atoms with E-state index in [0.717, 1.165) is 51.9 Å². The third kappa shape index (κ3) is 7.93. The molecule has 4 nitrogen and oxygen atoms in total. The number of halogens is 7. The van der Waals surface area contributed by atoms with Crippen LogP contribution in [-0.4, -0.2) is 78.2 Å². The topological polar surface area (TPSA) is 35.6 Å². The number of hydrogen-bond donors (Lipinski definition) is 1. The lowest BCUT2D eigenvalue weighted by atomic mass is 9.74. The summed E-state index contributed by atoms with van der Waals surface area (Å²) in [6.45, 7) is 3.09. The third-order valence-electron chi connectivity index (χ3n) is 9.55. The van der Waals surface area contributed by atoms with Gasteiger partial charge < -0.3 is 5.32 Å². The molecule has 38 heavy (non-hydrogen) atoms. The van der Waals surface area contributed by atoms with Gasteiger partial charge in [0.05, 0.1) is 17.9 Å². The van der Waals surface area contributed by atoms with E-state index in [-0.39, 0.29) is 36.6 Å². The van der Waals surface area contributed by atoms with Gasteiger partial charge in [0.15, 0.2) is 0 Å². The van der Waals surface area contributed by atoms with E-state index in [9.17, 15) is 31.1 Å². The van der Waals surface area contributed by atoms with E-state index >= 15 is 0 Å². The quantitative estimate of drug-likeness (QED) is 0.296. The smallest absolute Gasteiger partial charge is 0.354 e. The molecule has 1 aliphatic heterocycles. The summed E-state index contributed by atoms with van der Waals surface area (Å²) in [5, 5.41) is 2.90. The molecule has 0 aromatic heterocycles. The number of rotatable bonds is 6. The Labute approximate surface area is 227 Å². The van der Waals surface area contributed by atoms with Crippen LogP contribution in [0.1, 0.15) is 77.0 Å². The van der Waals surface area contributed by atoms with Crippen molar-refractivity contribution in [2.75, 3.05) is 32.7 Å². The maximum absolute atomic E-state index is 13.6. The lowest BCUT2D eigenvalue weighted by Gasteiger charge is -2.45. The number of piperazine rings is 1. The maximum atomic E-state index is 13.6. The number of nitrogens with one attached hydrogen (secondary N) is 1. The van der Waals surface area contributed by atoms with E-state index in [2.05, 4.69) is 15.1 Å². The van der Waals surface area contributed by atoms with E-state index in [1.54, 1.807) is 0 Å². The highest BCUT2D eigenvalue weighted by atomic mass is 35.5. The van der Waals surface area contributed by atoms with Crippen molar-refractivity contribution in [3.63, 3.8) is 0 Å². The van der Waals surface area contributed by atoms with Gasteiger partial charge in [-0.05, 0) is 69.6 Å². The molecule has 0 aromatic rings. The van der Waals surface area contributed by atoms with Gasteiger partial charge in [-0.15, -0.1) is 11.6 Å². The van der Waals surface area contributed by atoms with E-state index in [0.29, 0.717) is 6.04 Å². The summed E-state index contributed by atoms with van der Waals surface area (Å²) in [5.74, 6) is -5.01. The van der Waals surface area contributed by atoms with Crippen molar-refractivity contribution >= 4 is 17.5 Å². The Bertz CT molecular complexity index is 737. The molecule has 3 aliphatic carbocycles. The van der Waals surface area contributed by atoms with Gasteiger partial charge in [-0.2, -0.15) is 26.3 Å². The van der Waals surface area contributed by atoms with E-state index in [1.165, 1.54) is 32.1 Å². The molecule has 1 N–H and O–H groups in total. The number of carbonyl (C=O) groups is 1. The fourth-order valence-corrected chi connectivity index (χ4v) is 7.64. The highest BCUT2D eigenvalue weighted by molar-refractivity contribution is 6.20. The van der Waals surface area contributed by atoms with E-state index < -0.39 is 42.6 Å². The maximum Gasteiger partial charge on any atom is 0.391 e. The molecule has 1 saturated heterocycles. The predicted octanol–water partition coefficient (Wildman–Crippen LogP) is 6.38. The summed E-state index contributed by atoms with van der Waals surface area (Å²) in [6, 6.07) is 0.174. The minimum atomic E-state index is -4.67. The Morgan fingerprint density at radius 3 is 1.87 bits per heavy atom. The Hall–Kier alpha value is -0.740. The molecule has 3 saturated carbocycles.